The molecule has 8 rings (SSSR count). The van der Waals surface area contributed by atoms with Gasteiger partial charge in [-0.3, -0.25) is 0 Å². The number of carbonyl (C=O) groups is 2. The summed E-state index contributed by atoms with van der Waals surface area (Å²) in [5.74, 6) is 1.63. The number of rotatable bonds is 5. The summed E-state index contributed by atoms with van der Waals surface area (Å²) < 4.78 is 23.4. The van der Waals surface area contributed by atoms with E-state index in [2.05, 4.69) is 24.3 Å². The predicted octanol–water partition coefficient (Wildman–Crippen LogP) is 12.4. The molecular formula is C46H34O6. The Labute approximate surface area is 300 Å². The summed E-state index contributed by atoms with van der Waals surface area (Å²) in [5, 5.41) is 6.59. The lowest BCUT2D eigenvalue weighted by Crippen LogP contribution is -2.14. The molecule has 52 heavy (non-hydrogen) atoms. The number of carbonyl (C=O) groups excluding carboxylic acids is 2. The number of hydrogen-bond donors (Lipinski definition) is 0. The zero-order valence-electron chi connectivity index (χ0n) is 29.2. The summed E-state index contributed by atoms with van der Waals surface area (Å²) in [4.78, 5) is 26.7. The Morgan fingerprint density at radius 1 is 0.346 bits per heavy atom. The van der Waals surface area contributed by atoms with Gasteiger partial charge in [-0.05, 0) is 96.8 Å². The van der Waals surface area contributed by atoms with Crippen LogP contribution in [0.2, 0.25) is 0 Å². The van der Waals surface area contributed by atoms with Crippen LogP contribution in [-0.2, 0) is 0 Å². The average molecular weight is 683 g/mol. The second-order valence-electron chi connectivity index (χ2n) is 13.1. The van der Waals surface area contributed by atoms with E-state index in [0.29, 0.717) is 23.0 Å². The molecule has 0 aliphatic carbocycles. The number of benzene rings is 8. The first-order valence-corrected chi connectivity index (χ1v) is 17.1. The Hall–Kier alpha value is -6.66. The number of ether oxygens (including phenoxy) is 4. The average Bonchev–Trinajstić information content (AvgIpc) is 3.14. The van der Waals surface area contributed by atoms with Crippen molar-refractivity contribution in [2.45, 2.75) is 27.7 Å². The topological polar surface area (TPSA) is 71.1 Å². The van der Waals surface area contributed by atoms with Crippen LogP contribution in [0.25, 0.3) is 54.2 Å². The van der Waals surface area contributed by atoms with Crippen LogP contribution in [-0.4, -0.2) is 12.3 Å². The van der Waals surface area contributed by atoms with Crippen LogP contribution in [0, 0.1) is 27.7 Å². The lowest BCUT2D eigenvalue weighted by atomic mass is 9.85. The van der Waals surface area contributed by atoms with E-state index in [0.717, 1.165) is 76.5 Å². The van der Waals surface area contributed by atoms with Crippen molar-refractivity contribution in [3.63, 3.8) is 0 Å². The summed E-state index contributed by atoms with van der Waals surface area (Å²) in [6.07, 6.45) is -1.65. The number of hydrogen-bond acceptors (Lipinski definition) is 6. The summed E-state index contributed by atoms with van der Waals surface area (Å²) >= 11 is 0. The summed E-state index contributed by atoms with van der Waals surface area (Å²) in [7, 11) is 0. The molecule has 0 bridgehead atoms. The second-order valence-corrected chi connectivity index (χ2v) is 13.1. The van der Waals surface area contributed by atoms with Crippen molar-refractivity contribution in [1.82, 2.24) is 0 Å². The van der Waals surface area contributed by atoms with E-state index < -0.39 is 12.3 Å². The minimum atomic E-state index is -0.824. The van der Waals surface area contributed by atoms with Crippen molar-refractivity contribution in [2.24, 2.45) is 0 Å². The smallest absolute Gasteiger partial charge is 0.395 e. The van der Waals surface area contributed by atoms with Gasteiger partial charge in [0.15, 0.2) is 0 Å². The van der Waals surface area contributed by atoms with Gasteiger partial charge in [0, 0.05) is 21.5 Å². The summed E-state index contributed by atoms with van der Waals surface area (Å²) in [6, 6.07) is 42.7. The molecular weight excluding hydrogens is 648 g/mol. The number of fused-ring (bicyclic) bond motifs is 4. The van der Waals surface area contributed by atoms with Gasteiger partial charge in [-0.15, -0.1) is 0 Å². The lowest BCUT2D eigenvalue weighted by molar-refractivity contribution is 0.152. The molecule has 254 valence electrons. The molecule has 8 aromatic rings. The Morgan fingerprint density at radius 3 is 1.06 bits per heavy atom. The third kappa shape index (κ3) is 6.05. The molecule has 0 N–H and O–H groups in total. The van der Waals surface area contributed by atoms with Gasteiger partial charge >= 0.3 is 12.3 Å². The van der Waals surface area contributed by atoms with Crippen molar-refractivity contribution in [1.29, 1.82) is 0 Å². The first kappa shape index (κ1) is 32.5. The fourth-order valence-corrected chi connectivity index (χ4v) is 6.88. The Kier molecular flexibility index (Phi) is 8.28. The zero-order chi connectivity index (χ0) is 35.9. The van der Waals surface area contributed by atoms with Crippen LogP contribution in [0.5, 0.6) is 23.0 Å². The second kappa shape index (κ2) is 13.2. The number of aryl methyl sites for hydroxylation is 4. The Bertz CT molecular complexity index is 2500. The van der Waals surface area contributed by atoms with Gasteiger partial charge in [0.2, 0.25) is 0 Å². The molecule has 0 aliphatic heterocycles. The van der Waals surface area contributed by atoms with E-state index in [1.165, 1.54) is 0 Å². The van der Waals surface area contributed by atoms with E-state index in [9.17, 15) is 9.59 Å². The van der Waals surface area contributed by atoms with E-state index in [1.807, 2.05) is 113 Å². The molecule has 0 fully saturated rings. The minimum absolute atomic E-state index is 0.398. The largest absolute Gasteiger partial charge is 0.519 e. The Morgan fingerprint density at radius 2 is 0.673 bits per heavy atom. The van der Waals surface area contributed by atoms with Crippen LogP contribution in [0.3, 0.4) is 0 Å². The molecule has 0 heterocycles. The maximum absolute atomic E-state index is 13.3. The van der Waals surface area contributed by atoms with Crippen LogP contribution in [0.1, 0.15) is 22.3 Å². The van der Waals surface area contributed by atoms with Gasteiger partial charge in [-0.25, -0.2) is 9.59 Å². The van der Waals surface area contributed by atoms with Crippen molar-refractivity contribution in [2.75, 3.05) is 0 Å². The maximum atomic E-state index is 13.3. The van der Waals surface area contributed by atoms with Gasteiger partial charge < -0.3 is 18.9 Å². The Balaban J connectivity index is 1.35. The van der Waals surface area contributed by atoms with Crippen molar-refractivity contribution < 1.29 is 28.5 Å². The molecule has 6 nitrogen and oxygen atoms in total. The molecule has 8 aromatic carbocycles. The third-order valence-electron chi connectivity index (χ3n) is 9.33. The van der Waals surface area contributed by atoms with Crippen molar-refractivity contribution >= 4 is 55.4 Å². The quantitative estimate of drug-likeness (QED) is 0.102. The van der Waals surface area contributed by atoms with Gasteiger partial charge in [0.25, 0.3) is 0 Å². The highest BCUT2D eigenvalue weighted by molar-refractivity contribution is 6.27. The SMILES string of the molecule is Cc1ccc(OC(=O)Oc2c3ccccc3c(-c3c4ccccc4c(OC(=O)Oc4ccc(C)cc4)c4cc(C)ccc34)c3ccc(C)cc23)cc1. The first-order chi connectivity index (χ1) is 25.2. The van der Waals surface area contributed by atoms with Crippen molar-refractivity contribution in [3.05, 3.63) is 156 Å². The standard InChI is InChI=1S/C46H34O6/c1-27-13-19-31(20-14-27)49-45(47)51-43-37-11-7-5-9-33(37)41(35-23-17-29(3)25-39(35)43)42-34-10-6-8-12-38(34)44(40-26-30(4)18-24-36(40)42)52-46(48)50-32-21-15-28(2)16-22-32/h5-26H,1-4H3. The first-order valence-electron chi connectivity index (χ1n) is 17.1. The molecule has 0 spiro atoms. The summed E-state index contributed by atoms with van der Waals surface area (Å²) in [5.41, 5.74) is 6.05. The van der Waals surface area contributed by atoms with Crippen LogP contribution in [0.15, 0.2) is 133 Å². The maximum Gasteiger partial charge on any atom is 0.519 e. The fraction of sp³-hybridized carbons (Fsp3) is 0.0870. The lowest BCUT2D eigenvalue weighted by Gasteiger charge is -2.21. The highest BCUT2D eigenvalue weighted by Crippen LogP contribution is 2.50. The van der Waals surface area contributed by atoms with Crippen LogP contribution in [0.4, 0.5) is 9.59 Å². The monoisotopic (exact) mass is 682 g/mol. The van der Waals surface area contributed by atoms with Gasteiger partial charge in [0.1, 0.15) is 23.0 Å². The normalized spacial score (nSPS) is 11.2. The van der Waals surface area contributed by atoms with E-state index >= 15 is 0 Å². The molecule has 0 saturated carbocycles. The van der Waals surface area contributed by atoms with Crippen LogP contribution < -0.4 is 18.9 Å². The minimum Gasteiger partial charge on any atom is -0.395 e. The highest BCUT2D eigenvalue weighted by atomic mass is 16.7. The van der Waals surface area contributed by atoms with Gasteiger partial charge in [0.05, 0.1) is 0 Å². The van der Waals surface area contributed by atoms with E-state index in [4.69, 9.17) is 18.9 Å². The molecule has 0 aliphatic rings. The van der Waals surface area contributed by atoms with Crippen LogP contribution >= 0.6 is 0 Å². The third-order valence-corrected chi connectivity index (χ3v) is 9.33. The molecule has 0 unspecified atom stereocenters. The molecule has 0 aromatic heterocycles. The van der Waals surface area contributed by atoms with E-state index in [-0.39, 0.29) is 0 Å². The van der Waals surface area contributed by atoms with E-state index in [1.54, 1.807) is 24.3 Å². The predicted molar refractivity (Wildman–Crippen MR) is 207 cm³/mol. The molecule has 0 amide bonds. The molecule has 0 radical (unpaired) electrons. The molecule has 0 atom stereocenters. The van der Waals surface area contributed by atoms with Gasteiger partial charge in [-0.1, -0.05) is 119 Å². The molecule has 6 heteroatoms. The zero-order valence-corrected chi connectivity index (χ0v) is 29.2. The molecule has 0 saturated heterocycles. The fourth-order valence-electron chi connectivity index (χ4n) is 6.88. The highest BCUT2D eigenvalue weighted by Gasteiger charge is 2.25. The van der Waals surface area contributed by atoms with Gasteiger partial charge in [-0.2, -0.15) is 0 Å². The summed E-state index contributed by atoms with van der Waals surface area (Å²) in [6.45, 7) is 7.97. The van der Waals surface area contributed by atoms with Crippen molar-refractivity contribution in [3.8, 4) is 34.1 Å².